The second-order valence-electron chi connectivity index (χ2n) is 6.21. The molecule has 0 aromatic heterocycles. The molecule has 2 saturated carbocycles. The van der Waals surface area contributed by atoms with E-state index in [0.717, 1.165) is 29.7 Å². The van der Waals surface area contributed by atoms with E-state index < -0.39 is 0 Å². The first kappa shape index (κ1) is 15.8. The van der Waals surface area contributed by atoms with Gasteiger partial charge in [0.25, 0.3) is 0 Å². The number of nitrogens with zero attached hydrogens (tertiary/aromatic N) is 1. The van der Waals surface area contributed by atoms with E-state index >= 15 is 0 Å². The zero-order chi connectivity index (χ0) is 13.3. The van der Waals surface area contributed by atoms with Crippen LogP contribution in [-0.4, -0.2) is 39.6 Å². The quantitative estimate of drug-likeness (QED) is 0.329. The number of hydrogen-bond donors (Lipinski definition) is 1. The average molecular weight is 476 g/mol. The highest BCUT2D eigenvalue weighted by Crippen LogP contribution is 2.58. The number of rotatable bonds is 8. The molecule has 0 saturated heterocycles. The molecule has 0 aromatic carbocycles. The lowest BCUT2D eigenvalue weighted by molar-refractivity contribution is 0.311. The molecule has 0 aromatic rings. The van der Waals surface area contributed by atoms with Gasteiger partial charge in [0, 0.05) is 17.0 Å². The summed E-state index contributed by atoms with van der Waals surface area (Å²) in [4.78, 5) is 2.54. The van der Waals surface area contributed by atoms with Crippen molar-refractivity contribution in [2.24, 2.45) is 23.7 Å². The Kier molecular flexibility index (Phi) is 6.04. The van der Waals surface area contributed by atoms with E-state index in [1.54, 1.807) is 0 Å². The van der Waals surface area contributed by atoms with Crippen molar-refractivity contribution in [3.05, 3.63) is 0 Å². The Labute approximate surface area is 139 Å². The third kappa shape index (κ3) is 4.19. The first-order valence-electron chi connectivity index (χ1n) is 7.19. The Bertz CT molecular complexity index is 273. The van der Waals surface area contributed by atoms with E-state index in [2.05, 4.69) is 76.3 Å². The standard InChI is InChI=1S/C14H26I2N2/c1-9-13(14(9)17-10(2)16)12-7-11(12)8-18(3)6-4-5-15/h9-14,17H,4-8H2,1-3H3/t9-,10?,11?,12?,13?,14?/m1/s1. The van der Waals surface area contributed by atoms with Gasteiger partial charge < -0.3 is 10.2 Å². The molecule has 2 rings (SSSR count). The lowest BCUT2D eigenvalue weighted by atomic mass is 10.2. The zero-order valence-electron chi connectivity index (χ0n) is 11.7. The third-order valence-electron chi connectivity index (χ3n) is 4.56. The van der Waals surface area contributed by atoms with Crippen LogP contribution >= 0.6 is 45.2 Å². The Balaban J connectivity index is 1.66. The normalized spacial score (nSPS) is 40.0. The van der Waals surface area contributed by atoms with Crippen LogP contribution in [0.15, 0.2) is 0 Å². The summed E-state index contributed by atoms with van der Waals surface area (Å²) >= 11 is 4.96. The SMILES string of the molecule is CC(I)NC1C(C2CC2CN(C)CCCI)[C@H]1C. The summed E-state index contributed by atoms with van der Waals surface area (Å²) in [6.07, 6.45) is 2.82. The maximum absolute atomic E-state index is 3.72. The summed E-state index contributed by atoms with van der Waals surface area (Å²) in [5.41, 5.74) is 0. The molecule has 4 heteroatoms. The minimum Gasteiger partial charge on any atom is -0.306 e. The number of nitrogens with one attached hydrogen (secondary N) is 1. The fraction of sp³-hybridized carbons (Fsp3) is 1.00. The topological polar surface area (TPSA) is 15.3 Å². The highest BCUT2D eigenvalue weighted by Gasteiger charge is 2.58. The van der Waals surface area contributed by atoms with E-state index in [4.69, 9.17) is 0 Å². The molecule has 18 heavy (non-hydrogen) atoms. The van der Waals surface area contributed by atoms with Crippen molar-refractivity contribution in [1.82, 2.24) is 10.2 Å². The molecule has 0 bridgehead atoms. The van der Waals surface area contributed by atoms with Crippen LogP contribution in [0.4, 0.5) is 0 Å². The van der Waals surface area contributed by atoms with Crippen LogP contribution in [0, 0.1) is 23.7 Å². The van der Waals surface area contributed by atoms with Crippen LogP contribution in [0.1, 0.15) is 26.7 Å². The van der Waals surface area contributed by atoms with Crippen molar-refractivity contribution >= 4 is 45.2 Å². The molecule has 2 fully saturated rings. The molecule has 2 aliphatic rings. The Morgan fingerprint density at radius 2 is 2.17 bits per heavy atom. The van der Waals surface area contributed by atoms with E-state index in [9.17, 15) is 0 Å². The van der Waals surface area contributed by atoms with Gasteiger partial charge in [-0.15, -0.1) is 0 Å². The summed E-state index contributed by atoms with van der Waals surface area (Å²) < 4.78 is 1.90. The van der Waals surface area contributed by atoms with E-state index in [1.807, 2.05) is 0 Å². The second kappa shape index (κ2) is 6.89. The predicted octanol–water partition coefficient (Wildman–Crippen LogP) is 3.38. The van der Waals surface area contributed by atoms with E-state index in [1.165, 1.54) is 30.4 Å². The molecule has 0 heterocycles. The van der Waals surface area contributed by atoms with Crippen LogP contribution in [0.2, 0.25) is 0 Å². The van der Waals surface area contributed by atoms with E-state index in [0.29, 0.717) is 4.05 Å². The lowest BCUT2D eigenvalue weighted by Gasteiger charge is -2.15. The summed E-state index contributed by atoms with van der Waals surface area (Å²) in [5.74, 6) is 3.91. The molecular formula is C14H26I2N2. The second-order valence-corrected chi connectivity index (χ2v) is 9.16. The van der Waals surface area contributed by atoms with Gasteiger partial charge in [-0.05, 0) is 57.0 Å². The number of alkyl halides is 2. The Morgan fingerprint density at radius 3 is 2.78 bits per heavy atom. The fourth-order valence-electron chi connectivity index (χ4n) is 3.45. The molecule has 2 nitrogen and oxygen atoms in total. The molecule has 1 N–H and O–H groups in total. The number of hydrogen-bond acceptors (Lipinski definition) is 2. The van der Waals surface area contributed by atoms with Crippen LogP contribution in [-0.2, 0) is 0 Å². The van der Waals surface area contributed by atoms with Crippen LogP contribution < -0.4 is 5.32 Å². The molecule has 106 valence electrons. The lowest BCUT2D eigenvalue weighted by Crippen LogP contribution is -2.25. The summed E-state index contributed by atoms with van der Waals surface area (Å²) in [7, 11) is 2.29. The van der Waals surface area contributed by atoms with Crippen molar-refractivity contribution in [2.45, 2.75) is 36.8 Å². The van der Waals surface area contributed by atoms with Crippen molar-refractivity contribution in [1.29, 1.82) is 0 Å². The van der Waals surface area contributed by atoms with Crippen molar-refractivity contribution in [2.75, 3.05) is 24.6 Å². The molecule has 6 atom stereocenters. The zero-order valence-corrected chi connectivity index (χ0v) is 16.0. The van der Waals surface area contributed by atoms with Gasteiger partial charge in [0.05, 0.1) is 4.05 Å². The van der Waals surface area contributed by atoms with Gasteiger partial charge in [-0.2, -0.15) is 0 Å². The van der Waals surface area contributed by atoms with Gasteiger partial charge in [0.2, 0.25) is 0 Å². The summed E-state index contributed by atoms with van der Waals surface area (Å²) in [5, 5.41) is 3.72. The molecule has 5 unspecified atom stereocenters. The molecule has 0 amide bonds. The van der Waals surface area contributed by atoms with Gasteiger partial charge in [-0.25, -0.2) is 0 Å². The smallest absolute Gasteiger partial charge is 0.0567 e. The fourth-order valence-corrected chi connectivity index (χ4v) is 4.21. The van der Waals surface area contributed by atoms with E-state index in [-0.39, 0.29) is 0 Å². The van der Waals surface area contributed by atoms with Gasteiger partial charge in [-0.1, -0.05) is 52.1 Å². The highest BCUT2D eigenvalue weighted by atomic mass is 127. The predicted molar refractivity (Wildman–Crippen MR) is 95.7 cm³/mol. The molecule has 0 radical (unpaired) electrons. The number of halogens is 2. The Morgan fingerprint density at radius 1 is 1.44 bits per heavy atom. The van der Waals surface area contributed by atoms with Crippen molar-refractivity contribution in [3.63, 3.8) is 0 Å². The molecule has 0 aliphatic heterocycles. The molecular weight excluding hydrogens is 450 g/mol. The van der Waals surface area contributed by atoms with Crippen LogP contribution in [0.5, 0.6) is 0 Å². The van der Waals surface area contributed by atoms with Crippen molar-refractivity contribution in [3.8, 4) is 0 Å². The highest BCUT2D eigenvalue weighted by molar-refractivity contribution is 14.1. The molecule has 0 spiro atoms. The average Bonchev–Trinajstić information content (AvgIpc) is 3.16. The van der Waals surface area contributed by atoms with Gasteiger partial charge in [0.1, 0.15) is 0 Å². The van der Waals surface area contributed by atoms with Crippen LogP contribution in [0.25, 0.3) is 0 Å². The van der Waals surface area contributed by atoms with Gasteiger partial charge >= 0.3 is 0 Å². The van der Waals surface area contributed by atoms with Gasteiger partial charge in [0.15, 0.2) is 0 Å². The molecule has 2 aliphatic carbocycles. The largest absolute Gasteiger partial charge is 0.306 e. The Hall–Kier alpha value is 1.38. The minimum absolute atomic E-state index is 0.614. The monoisotopic (exact) mass is 476 g/mol. The summed E-state index contributed by atoms with van der Waals surface area (Å²) in [6, 6.07) is 0.812. The van der Waals surface area contributed by atoms with Gasteiger partial charge in [-0.3, -0.25) is 0 Å². The summed E-state index contributed by atoms with van der Waals surface area (Å²) in [6.45, 7) is 7.29. The van der Waals surface area contributed by atoms with Crippen LogP contribution in [0.3, 0.4) is 0 Å². The first-order valence-corrected chi connectivity index (χ1v) is 9.96. The first-order chi connectivity index (χ1) is 8.54. The maximum atomic E-state index is 3.72. The maximum Gasteiger partial charge on any atom is 0.0567 e. The van der Waals surface area contributed by atoms with Crippen molar-refractivity contribution < 1.29 is 0 Å². The minimum atomic E-state index is 0.614. The third-order valence-corrected chi connectivity index (χ3v) is 5.68.